The van der Waals surface area contributed by atoms with Gasteiger partial charge in [-0.3, -0.25) is 4.79 Å². The molecule has 0 aromatic heterocycles. The smallest absolute Gasteiger partial charge is 0.146 e. The molecule has 1 heterocycles. The van der Waals surface area contributed by atoms with Crippen molar-refractivity contribution in [3.63, 3.8) is 0 Å². The second kappa shape index (κ2) is 5.01. The van der Waals surface area contributed by atoms with E-state index < -0.39 is 0 Å². The molecule has 1 N–H and O–H groups in total. The summed E-state index contributed by atoms with van der Waals surface area (Å²) in [7, 11) is 0. The summed E-state index contributed by atoms with van der Waals surface area (Å²) < 4.78 is 0. The molecular weight excluding hydrogens is 126 g/mol. The molecule has 0 bridgehead atoms. The van der Waals surface area contributed by atoms with Crippen LogP contribution in [0.2, 0.25) is 0 Å². The molecule has 2 heteroatoms. The Balaban J connectivity index is 0.000000371. The molecule has 0 aromatic carbocycles. The van der Waals surface area contributed by atoms with E-state index in [1.807, 2.05) is 0 Å². The average molecular weight is 139 g/mol. The van der Waals surface area contributed by atoms with Crippen molar-refractivity contribution in [1.29, 1.82) is 0 Å². The number of hydrogen-bond donors (Lipinski definition) is 1. The lowest BCUT2D eigenvalue weighted by atomic mass is 10.2. The number of terminal acetylenes is 1. The molecule has 1 saturated heterocycles. The van der Waals surface area contributed by atoms with Gasteiger partial charge in [0.25, 0.3) is 0 Å². The van der Waals surface area contributed by atoms with Crippen molar-refractivity contribution in [2.24, 2.45) is 0 Å². The summed E-state index contributed by atoms with van der Waals surface area (Å²) in [5.41, 5.74) is 0. The molecule has 1 aliphatic rings. The summed E-state index contributed by atoms with van der Waals surface area (Å²) in [6.07, 6.45) is 10.2. The lowest BCUT2D eigenvalue weighted by Gasteiger charge is -2.01. The van der Waals surface area contributed by atoms with Crippen LogP contribution in [0.4, 0.5) is 0 Å². The highest BCUT2D eigenvalue weighted by Crippen LogP contribution is 2.04. The second-order valence-electron chi connectivity index (χ2n) is 2.26. The molecule has 10 heavy (non-hydrogen) atoms. The quantitative estimate of drug-likeness (QED) is 0.538. The minimum absolute atomic E-state index is 0.176. The normalized spacial score (nSPS) is 22.9. The van der Waals surface area contributed by atoms with Gasteiger partial charge in [0, 0.05) is 0 Å². The first kappa shape index (κ1) is 9.19. The zero-order chi connectivity index (χ0) is 7.98. The van der Waals surface area contributed by atoms with Gasteiger partial charge in [-0.1, -0.05) is 0 Å². The van der Waals surface area contributed by atoms with E-state index in [4.69, 9.17) is 0 Å². The predicted molar refractivity (Wildman–Crippen MR) is 41.6 cm³/mol. The first-order valence-corrected chi connectivity index (χ1v) is 3.38. The van der Waals surface area contributed by atoms with E-state index in [-0.39, 0.29) is 11.8 Å². The highest BCUT2D eigenvalue weighted by molar-refractivity contribution is 5.81. The Bertz CT molecular complexity index is 122. The van der Waals surface area contributed by atoms with Crippen molar-refractivity contribution in [1.82, 2.24) is 5.32 Å². The van der Waals surface area contributed by atoms with E-state index in [1.54, 1.807) is 6.92 Å². The molecule has 0 aromatic rings. The lowest BCUT2D eigenvalue weighted by Crippen LogP contribution is -2.28. The Morgan fingerprint density at radius 1 is 1.60 bits per heavy atom. The topological polar surface area (TPSA) is 29.1 Å². The SMILES string of the molecule is C#C.CC(=O)[C@@H]1CCCN1. The Morgan fingerprint density at radius 2 is 2.20 bits per heavy atom. The Labute approximate surface area is 62.0 Å². The van der Waals surface area contributed by atoms with Crippen molar-refractivity contribution in [2.45, 2.75) is 25.8 Å². The molecule has 1 atom stereocenters. The van der Waals surface area contributed by atoms with Crippen LogP contribution in [-0.2, 0) is 4.79 Å². The van der Waals surface area contributed by atoms with Crippen LogP contribution in [0.5, 0.6) is 0 Å². The fourth-order valence-electron chi connectivity index (χ4n) is 1.03. The third-order valence-corrected chi connectivity index (χ3v) is 1.55. The van der Waals surface area contributed by atoms with E-state index in [2.05, 4.69) is 18.2 Å². The number of hydrogen-bond acceptors (Lipinski definition) is 2. The molecule has 0 aliphatic carbocycles. The van der Waals surface area contributed by atoms with Gasteiger partial charge in [0.2, 0.25) is 0 Å². The van der Waals surface area contributed by atoms with Crippen molar-refractivity contribution < 1.29 is 4.79 Å². The number of ketones is 1. The molecule has 1 rings (SSSR count). The van der Waals surface area contributed by atoms with E-state index in [1.165, 1.54) is 0 Å². The first-order valence-electron chi connectivity index (χ1n) is 3.38. The molecule has 0 spiro atoms. The first-order chi connectivity index (χ1) is 4.80. The maximum atomic E-state index is 10.6. The standard InChI is InChI=1S/C6H11NO.C2H2/c1-5(8)6-3-2-4-7-6;1-2/h6-7H,2-4H2,1H3;1-2H/t6-;/m0./s1. The maximum absolute atomic E-state index is 10.6. The van der Waals surface area contributed by atoms with Gasteiger partial charge in [-0.25, -0.2) is 0 Å². The predicted octanol–water partition coefficient (Wildman–Crippen LogP) is 0.577. The summed E-state index contributed by atoms with van der Waals surface area (Å²) in [5.74, 6) is 0.280. The van der Waals surface area contributed by atoms with Crippen LogP contribution >= 0.6 is 0 Å². The largest absolute Gasteiger partial charge is 0.307 e. The van der Waals surface area contributed by atoms with Crippen molar-refractivity contribution in [2.75, 3.05) is 6.54 Å². The van der Waals surface area contributed by atoms with E-state index in [0.717, 1.165) is 19.4 Å². The summed E-state index contributed by atoms with van der Waals surface area (Å²) in [4.78, 5) is 10.6. The summed E-state index contributed by atoms with van der Waals surface area (Å²) in [6, 6.07) is 0.176. The fourth-order valence-corrected chi connectivity index (χ4v) is 1.03. The van der Waals surface area contributed by atoms with Crippen LogP contribution in [-0.4, -0.2) is 18.4 Å². The zero-order valence-electron chi connectivity index (χ0n) is 6.26. The highest BCUT2D eigenvalue weighted by atomic mass is 16.1. The molecule has 0 amide bonds. The van der Waals surface area contributed by atoms with Gasteiger partial charge in [0.05, 0.1) is 6.04 Å². The highest BCUT2D eigenvalue weighted by Gasteiger charge is 2.17. The van der Waals surface area contributed by atoms with Crippen LogP contribution in [0.3, 0.4) is 0 Å². The van der Waals surface area contributed by atoms with Crippen LogP contribution in [0, 0.1) is 12.8 Å². The molecule has 0 saturated carbocycles. The Hall–Kier alpha value is -0.810. The van der Waals surface area contributed by atoms with E-state index in [0.29, 0.717) is 0 Å². The van der Waals surface area contributed by atoms with Gasteiger partial charge in [-0.15, -0.1) is 12.8 Å². The van der Waals surface area contributed by atoms with Crippen LogP contribution in [0.15, 0.2) is 0 Å². The summed E-state index contributed by atoms with van der Waals surface area (Å²) >= 11 is 0. The number of nitrogens with one attached hydrogen (secondary N) is 1. The van der Waals surface area contributed by atoms with Crippen LogP contribution < -0.4 is 5.32 Å². The second-order valence-corrected chi connectivity index (χ2v) is 2.26. The number of carbonyl (C=O) groups is 1. The van der Waals surface area contributed by atoms with E-state index >= 15 is 0 Å². The van der Waals surface area contributed by atoms with Gasteiger partial charge < -0.3 is 5.32 Å². The van der Waals surface area contributed by atoms with Crippen molar-refractivity contribution in [3.05, 3.63) is 0 Å². The third kappa shape index (κ3) is 2.65. The number of rotatable bonds is 1. The molecule has 0 radical (unpaired) electrons. The zero-order valence-corrected chi connectivity index (χ0v) is 6.26. The van der Waals surface area contributed by atoms with Gasteiger partial charge in [-0.05, 0) is 26.3 Å². The molecule has 1 aliphatic heterocycles. The molecule has 2 nitrogen and oxygen atoms in total. The van der Waals surface area contributed by atoms with Crippen LogP contribution in [0.25, 0.3) is 0 Å². The fraction of sp³-hybridized carbons (Fsp3) is 0.625. The summed E-state index contributed by atoms with van der Waals surface area (Å²) in [5, 5.41) is 3.11. The van der Waals surface area contributed by atoms with Gasteiger partial charge >= 0.3 is 0 Å². The van der Waals surface area contributed by atoms with Crippen molar-refractivity contribution in [3.8, 4) is 12.8 Å². The van der Waals surface area contributed by atoms with Gasteiger partial charge in [0.1, 0.15) is 5.78 Å². The van der Waals surface area contributed by atoms with Gasteiger partial charge in [0.15, 0.2) is 0 Å². The Kier molecular flexibility index (Phi) is 4.61. The molecule has 1 fully saturated rings. The Morgan fingerprint density at radius 3 is 2.40 bits per heavy atom. The maximum Gasteiger partial charge on any atom is 0.146 e. The number of Topliss-reactive ketones (excluding diaryl/α,β-unsaturated/α-hetero) is 1. The molecule has 0 unspecified atom stereocenters. The third-order valence-electron chi connectivity index (χ3n) is 1.55. The average Bonchev–Trinajstić information content (AvgIpc) is 2.42. The van der Waals surface area contributed by atoms with Crippen LogP contribution in [0.1, 0.15) is 19.8 Å². The minimum atomic E-state index is 0.176. The molecule has 56 valence electrons. The minimum Gasteiger partial charge on any atom is -0.307 e. The molecular formula is C8H13NO. The van der Waals surface area contributed by atoms with Crippen molar-refractivity contribution >= 4 is 5.78 Å². The van der Waals surface area contributed by atoms with E-state index in [9.17, 15) is 4.79 Å². The lowest BCUT2D eigenvalue weighted by molar-refractivity contribution is -0.118. The number of carbonyl (C=O) groups excluding carboxylic acids is 1. The summed E-state index contributed by atoms with van der Waals surface area (Å²) in [6.45, 7) is 2.66. The van der Waals surface area contributed by atoms with Gasteiger partial charge in [-0.2, -0.15) is 0 Å². The monoisotopic (exact) mass is 139 g/mol.